The molecule has 4 aromatic carbocycles. The van der Waals surface area contributed by atoms with E-state index in [1.54, 1.807) is 61.2 Å². The van der Waals surface area contributed by atoms with Crippen molar-refractivity contribution in [2.24, 2.45) is 9.98 Å². The molecule has 6 rings (SSSR count). The van der Waals surface area contributed by atoms with Crippen LogP contribution in [0.25, 0.3) is 22.1 Å². The van der Waals surface area contributed by atoms with Gasteiger partial charge in [0, 0.05) is 0 Å². The van der Waals surface area contributed by atoms with Gasteiger partial charge in [0.1, 0.15) is 11.4 Å². The van der Waals surface area contributed by atoms with Crippen LogP contribution in [-0.4, -0.2) is 36.7 Å². The summed E-state index contributed by atoms with van der Waals surface area (Å²) < 4.78 is -0.750. The third kappa shape index (κ3) is 10.6. The third-order valence-corrected chi connectivity index (χ3v) is 5.34. The van der Waals surface area contributed by atoms with Gasteiger partial charge in [0.2, 0.25) is 0 Å². The Morgan fingerprint density at radius 1 is 0.535 bits per heavy atom. The summed E-state index contributed by atoms with van der Waals surface area (Å²) in [6.45, 7) is 0. The Kier molecular flexibility index (Phi) is 13.3. The van der Waals surface area contributed by atoms with Gasteiger partial charge in [0.25, 0.3) is 0 Å². The summed E-state index contributed by atoms with van der Waals surface area (Å²) in [7, 11) is 0. The molecule has 0 radical (unpaired) electrons. The zero-order valence-corrected chi connectivity index (χ0v) is 25.3. The van der Waals surface area contributed by atoms with Crippen molar-refractivity contribution < 1.29 is 26.7 Å². The fourth-order valence-electron chi connectivity index (χ4n) is 3.47. The van der Waals surface area contributed by atoms with Crippen molar-refractivity contribution in [1.82, 2.24) is 19.9 Å². The van der Waals surface area contributed by atoms with Gasteiger partial charge in [0.15, 0.2) is 4.30 Å². The van der Waals surface area contributed by atoms with Gasteiger partial charge >= 0.3 is 16.5 Å². The van der Waals surface area contributed by atoms with E-state index in [0.717, 1.165) is 22.1 Å². The number of nitrogens with zero attached hydrogens (tertiary/aromatic N) is 6. The summed E-state index contributed by atoms with van der Waals surface area (Å²) >= 11 is 14.4. The number of halogens is 3. The maximum absolute atomic E-state index is 11.5. The maximum atomic E-state index is 11.5. The average Bonchev–Trinajstić information content (AvgIpc) is 3.00. The number of aliphatic imine (C=N–C) groups is 2. The molecule has 8 nitrogen and oxygen atoms in total. The minimum Gasteiger partial charge on any atom is -0.871 e. The molecular weight excluding hydrogens is 653 g/mol. The molecule has 0 aliphatic rings. The molecule has 0 aliphatic carbocycles. The molecule has 0 aliphatic heterocycles. The second kappa shape index (κ2) is 17.1. The van der Waals surface area contributed by atoms with Gasteiger partial charge in [-0.3, -0.25) is 20.0 Å². The van der Waals surface area contributed by atoms with Crippen LogP contribution in [0.3, 0.4) is 0 Å². The van der Waals surface area contributed by atoms with E-state index in [-0.39, 0.29) is 28.0 Å². The van der Waals surface area contributed by atoms with Gasteiger partial charge in [-0.25, -0.2) is 9.97 Å². The molecule has 0 N–H and O–H groups in total. The summed E-state index contributed by atoms with van der Waals surface area (Å²) in [4.78, 5) is 25.7. The van der Waals surface area contributed by atoms with Gasteiger partial charge in [-0.2, -0.15) is 0 Å². The van der Waals surface area contributed by atoms with E-state index in [4.69, 9.17) is 34.8 Å². The Labute approximate surface area is 272 Å². The van der Waals surface area contributed by atoms with Crippen LogP contribution in [0.2, 0.25) is 0 Å². The number of para-hydroxylation sites is 8. The Morgan fingerprint density at radius 3 is 1.23 bits per heavy atom. The van der Waals surface area contributed by atoms with E-state index in [1.807, 2.05) is 48.5 Å². The number of aromatic nitrogens is 4. The molecule has 0 atom stereocenters. The van der Waals surface area contributed by atoms with Crippen LogP contribution in [-0.2, 0) is 16.5 Å². The summed E-state index contributed by atoms with van der Waals surface area (Å²) in [5, 5.41) is 23.0. The molecule has 218 valence electrons. The van der Waals surface area contributed by atoms with Crippen LogP contribution in [0.4, 0.5) is 11.4 Å². The minimum absolute atomic E-state index is 0. The number of hydrogen-bond donors (Lipinski definition) is 0. The zero-order chi connectivity index (χ0) is 29.7. The van der Waals surface area contributed by atoms with Crippen LogP contribution >= 0.6 is 34.8 Å². The number of fused-ring (bicyclic) bond motifs is 2. The Morgan fingerprint density at radius 2 is 0.860 bits per heavy atom. The topological polar surface area (TPSA) is 122 Å². The molecule has 0 amide bonds. The van der Waals surface area contributed by atoms with Crippen molar-refractivity contribution in [1.29, 1.82) is 0 Å². The molecule has 0 spiro atoms. The summed E-state index contributed by atoms with van der Waals surface area (Å²) in [6, 6.07) is 28.5. The Hall–Kier alpha value is -4.14. The number of benzene rings is 4. The minimum atomic E-state index is -0.750. The molecule has 0 bridgehead atoms. The molecule has 0 saturated carbocycles. The third-order valence-electron chi connectivity index (χ3n) is 5.34. The Bertz CT molecular complexity index is 1710. The average molecular weight is 675 g/mol. The normalized spacial score (nSPS) is 10.7. The molecule has 43 heavy (non-hydrogen) atoms. The van der Waals surface area contributed by atoms with E-state index >= 15 is 0 Å². The van der Waals surface area contributed by atoms with E-state index in [1.165, 1.54) is 12.1 Å². The molecule has 0 saturated heterocycles. The van der Waals surface area contributed by atoms with Crippen molar-refractivity contribution in [3.8, 4) is 11.5 Å². The van der Waals surface area contributed by atoms with Crippen molar-refractivity contribution in [3.05, 3.63) is 121 Å². The first-order valence-corrected chi connectivity index (χ1v) is 13.7. The van der Waals surface area contributed by atoms with Crippen molar-refractivity contribution in [2.75, 3.05) is 0 Å². The van der Waals surface area contributed by atoms with E-state index in [0.29, 0.717) is 22.8 Å². The second-order valence-corrected chi connectivity index (χ2v) is 10.2. The molecule has 0 unspecified atom stereocenters. The summed E-state index contributed by atoms with van der Waals surface area (Å²) in [5.74, 6) is -0.208. The van der Waals surface area contributed by atoms with Crippen molar-refractivity contribution in [2.45, 2.75) is 4.30 Å². The summed E-state index contributed by atoms with van der Waals surface area (Å²) in [6.07, 6.45) is 6.38. The maximum Gasteiger partial charge on any atom is 2.00 e. The van der Waals surface area contributed by atoms with Crippen molar-refractivity contribution >= 4 is 80.7 Å². The number of rotatable bonds is 4. The first-order valence-electron chi connectivity index (χ1n) is 12.3. The van der Waals surface area contributed by atoms with Gasteiger partial charge in [-0.1, -0.05) is 107 Å². The van der Waals surface area contributed by atoms with Crippen LogP contribution in [0.1, 0.15) is 11.4 Å². The smallest absolute Gasteiger partial charge is 0.871 e. The standard InChI is InChI=1S/2C15H11N3O.CHCl3.Ni/c2*19-15-8-4-3-7-14(15)17-10-11-9-16-12-5-1-2-6-13(12)18-11;2-1(3)4;/h2*1-10,19H;1H;/q;;;+2/p-2. The number of hydrogen-bond acceptors (Lipinski definition) is 8. The van der Waals surface area contributed by atoms with Crippen LogP contribution < -0.4 is 10.2 Å². The van der Waals surface area contributed by atoms with E-state index in [9.17, 15) is 10.2 Å². The predicted molar refractivity (Wildman–Crippen MR) is 167 cm³/mol. The largest absolute Gasteiger partial charge is 2.00 e. The molecule has 12 heteroatoms. The fraction of sp³-hybridized carbons (Fsp3) is 0.0323. The first-order chi connectivity index (χ1) is 20.4. The zero-order valence-electron chi connectivity index (χ0n) is 22.1. The van der Waals surface area contributed by atoms with Crippen LogP contribution in [0.15, 0.2) is 119 Å². The fourth-order valence-corrected chi connectivity index (χ4v) is 3.47. The van der Waals surface area contributed by atoms with Gasteiger partial charge in [-0.05, 0) is 36.4 Å². The van der Waals surface area contributed by atoms with E-state index < -0.39 is 4.30 Å². The first kappa shape index (κ1) is 33.4. The quantitative estimate of drug-likeness (QED) is 0.114. The second-order valence-electron chi connectivity index (χ2n) is 8.27. The monoisotopic (exact) mass is 672 g/mol. The van der Waals surface area contributed by atoms with E-state index in [2.05, 4.69) is 29.9 Å². The molecule has 0 fully saturated rings. The van der Waals surface area contributed by atoms with Crippen LogP contribution in [0.5, 0.6) is 11.5 Å². The van der Waals surface area contributed by atoms with Gasteiger partial charge < -0.3 is 10.2 Å². The van der Waals surface area contributed by atoms with Crippen LogP contribution in [0, 0.1) is 0 Å². The van der Waals surface area contributed by atoms with Gasteiger partial charge in [0.05, 0.1) is 58.3 Å². The molecule has 2 heterocycles. The molecular formula is C31H21Cl3N6NiO2. The summed E-state index contributed by atoms with van der Waals surface area (Å²) in [5.41, 5.74) is 5.34. The van der Waals surface area contributed by atoms with Gasteiger partial charge in [-0.15, -0.1) is 0 Å². The number of alkyl halides is 3. The van der Waals surface area contributed by atoms with Crippen molar-refractivity contribution in [3.63, 3.8) is 0 Å². The SMILES string of the molecule is ClC(Cl)Cl.[Ni+2].[O-]c1ccccc1N=Cc1cnc2ccccc2n1.[O-]c1ccccc1N=Cc1cnc2ccccc2n1. The predicted octanol–water partition coefficient (Wildman–Crippen LogP) is 6.89. The molecule has 2 aromatic heterocycles. The Balaban J connectivity index is 0.000000206. The molecule has 6 aromatic rings.